The molecule has 6 heteroatoms. The van der Waals surface area contributed by atoms with Gasteiger partial charge >= 0.3 is 0 Å². The van der Waals surface area contributed by atoms with Crippen molar-refractivity contribution < 1.29 is 4.79 Å². The number of fused-ring (bicyclic) bond motifs is 1. The third-order valence-corrected chi connectivity index (χ3v) is 4.01. The Morgan fingerprint density at radius 3 is 2.86 bits per heavy atom. The first-order chi connectivity index (χ1) is 10.8. The molecule has 0 bridgehead atoms. The van der Waals surface area contributed by atoms with Crippen LogP contribution >= 0.6 is 11.3 Å². The number of anilines is 1. The molecule has 0 unspecified atom stereocenters. The van der Waals surface area contributed by atoms with Gasteiger partial charge in [0.1, 0.15) is 11.4 Å². The van der Waals surface area contributed by atoms with E-state index in [2.05, 4.69) is 39.8 Å². The molecule has 1 N–H and O–H groups in total. The predicted octanol–water partition coefficient (Wildman–Crippen LogP) is 3.13. The van der Waals surface area contributed by atoms with Crippen LogP contribution in [0.4, 0.5) is 5.13 Å². The summed E-state index contributed by atoms with van der Waals surface area (Å²) in [7, 11) is 0. The number of aromatic nitrogens is 2. The molecule has 22 heavy (non-hydrogen) atoms. The van der Waals surface area contributed by atoms with Crippen molar-refractivity contribution in [2.75, 3.05) is 5.32 Å². The zero-order chi connectivity index (χ0) is 15.4. The Morgan fingerprint density at radius 1 is 1.18 bits per heavy atom. The molecule has 108 valence electrons. The molecule has 5 nitrogen and oxygen atoms in total. The second kappa shape index (κ2) is 6.33. The molecule has 0 atom stereocenters. The molecular weight excluding hydrogens is 296 g/mol. The molecule has 2 aromatic carbocycles. The summed E-state index contributed by atoms with van der Waals surface area (Å²) >= 11 is 1.33. The molecule has 0 fully saturated rings. The fourth-order valence-corrected chi connectivity index (χ4v) is 3.00. The lowest BCUT2D eigenvalue weighted by Gasteiger charge is -2.03. The van der Waals surface area contributed by atoms with Gasteiger partial charge in [-0.3, -0.25) is 10.1 Å². The minimum atomic E-state index is -0.365. The monoisotopic (exact) mass is 308 g/mol. The van der Waals surface area contributed by atoms with Gasteiger partial charge in [-0.05, 0) is 16.3 Å². The summed E-state index contributed by atoms with van der Waals surface area (Å²) in [5.41, 5.74) is 1.17. The van der Waals surface area contributed by atoms with Crippen LogP contribution in [-0.2, 0) is 11.2 Å². The SMILES string of the molecule is N#CCC(=O)Nc1nnc(Cc2cccc3ccccc23)s1. The smallest absolute Gasteiger partial charge is 0.240 e. The van der Waals surface area contributed by atoms with E-state index in [1.807, 2.05) is 18.2 Å². The number of hydrogen-bond donors (Lipinski definition) is 1. The van der Waals surface area contributed by atoms with Gasteiger partial charge in [-0.25, -0.2) is 0 Å². The van der Waals surface area contributed by atoms with Gasteiger partial charge in [0.2, 0.25) is 11.0 Å². The Balaban J connectivity index is 1.80. The van der Waals surface area contributed by atoms with E-state index in [0.29, 0.717) is 11.6 Å². The van der Waals surface area contributed by atoms with Gasteiger partial charge in [0.05, 0.1) is 6.07 Å². The van der Waals surface area contributed by atoms with Crippen molar-refractivity contribution in [1.29, 1.82) is 5.26 Å². The number of amides is 1. The molecule has 0 spiro atoms. The first-order valence-electron chi connectivity index (χ1n) is 6.72. The van der Waals surface area contributed by atoms with Crippen LogP contribution in [0.3, 0.4) is 0 Å². The van der Waals surface area contributed by atoms with E-state index in [9.17, 15) is 4.79 Å². The second-order valence-electron chi connectivity index (χ2n) is 4.70. The maximum Gasteiger partial charge on any atom is 0.240 e. The lowest BCUT2D eigenvalue weighted by Crippen LogP contribution is -2.09. The predicted molar refractivity (Wildman–Crippen MR) is 85.5 cm³/mol. The van der Waals surface area contributed by atoms with Gasteiger partial charge < -0.3 is 0 Å². The van der Waals surface area contributed by atoms with E-state index in [-0.39, 0.29) is 12.3 Å². The van der Waals surface area contributed by atoms with E-state index in [4.69, 9.17) is 5.26 Å². The van der Waals surface area contributed by atoms with Crippen LogP contribution in [-0.4, -0.2) is 16.1 Å². The van der Waals surface area contributed by atoms with Gasteiger partial charge in [-0.15, -0.1) is 10.2 Å². The van der Waals surface area contributed by atoms with Crippen LogP contribution < -0.4 is 5.32 Å². The van der Waals surface area contributed by atoms with Crippen molar-refractivity contribution in [1.82, 2.24) is 10.2 Å². The highest BCUT2D eigenvalue weighted by Gasteiger charge is 2.09. The van der Waals surface area contributed by atoms with Gasteiger partial charge in [0.15, 0.2) is 0 Å². The van der Waals surface area contributed by atoms with Gasteiger partial charge in [0, 0.05) is 6.42 Å². The molecular formula is C16H12N4OS. The summed E-state index contributed by atoms with van der Waals surface area (Å²) in [6.07, 6.45) is 0.478. The minimum absolute atomic E-state index is 0.182. The number of benzene rings is 2. The van der Waals surface area contributed by atoms with Crippen LogP contribution in [0.5, 0.6) is 0 Å². The fraction of sp³-hybridized carbons (Fsp3) is 0.125. The fourth-order valence-electron chi connectivity index (χ4n) is 2.22. The molecule has 0 aliphatic rings. The lowest BCUT2D eigenvalue weighted by molar-refractivity contribution is -0.115. The third kappa shape index (κ3) is 3.10. The molecule has 0 aliphatic heterocycles. The zero-order valence-electron chi connectivity index (χ0n) is 11.6. The van der Waals surface area contributed by atoms with Gasteiger partial charge in [-0.2, -0.15) is 5.26 Å². The topological polar surface area (TPSA) is 78.7 Å². The number of hydrogen-bond acceptors (Lipinski definition) is 5. The van der Waals surface area contributed by atoms with Crippen LogP contribution in [0.2, 0.25) is 0 Å². The van der Waals surface area contributed by atoms with Crippen LogP contribution in [0.15, 0.2) is 42.5 Å². The maximum atomic E-state index is 11.4. The molecule has 3 aromatic rings. The Labute approximate surface area is 131 Å². The quantitative estimate of drug-likeness (QED) is 0.803. The average Bonchev–Trinajstić information content (AvgIpc) is 2.95. The molecule has 1 aromatic heterocycles. The van der Waals surface area contributed by atoms with E-state index in [1.165, 1.54) is 27.7 Å². The molecule has 0 aliphatic carbocycles. The lowest BCUT2D eigenvalue weighted by atomic mass is 10.0. The normalized spacial score (nSPS) is 10.3. The van der Waals surface area contributed by atoms with Crippen molar-refractivity contribution in [3.05, 3.63) is 53.0 Å². The summed E-state index contributed by atoms with van der Waals surface area (Å²) in [6.45, 7) is 0. The molecule has 3 rings (SSSR count). The van der Waals surface area contributed by atoms with E-state index in [1.54, 1.807) is 6.07 Å². The minimum Gasteiger partial charge on any atom is -0.300 e. The Hall–Kier alpha value is -2.78. The van der Waals surface area contributed by atoms with Gasteiger partial charge in [0.25, 0.3) is 0 Å². The Morgan fingerprint density at radius 2 is 2.00 bits per heavy atom. The summed E-state index contributed by atoms with van der Waals surface area (Å²) < 4.78 is 0. The first-order valence-corrected chi connectivity index (χ1v) is 7.54. The maximum absolute atomic E-state index is 11.4. The standard InChI is InChI=1S/C16H12N4OS/c17-9-8-14(21)18-16-20-19-15(22-16)10-12-6-3-5-11-4-1-2-7-13(11)12/h1-7H,8,10H2,(H,18,20,21). The van der Waals surface area contributed by atoms with Crippen molar-refractivity contribution in [2.24, 2.45) is 0 Å². The van der Waals surface area contributed by atoms with Crippen LogP contribution in [0.1, 0.15) is 17.0 Å². The van der Waals surface area contributed by atoms with Crippen LogP contribution in [0.25, 0.3) is 10.8 Å². The Bertz CT molecular complexity index is 860. The molecule has 0 radical (unpaired) electrons. The highest BCUT2D eigenvalue weighted by Crippen LogP contribution is 2.24. The summed E-state index contributed by atoms with van der Waals surface area (Å²) in [4.78, 5) is 11.4. The highest BCUT2D eigenvalue weighted by atomic mass is 32.1. The van der Waals surface area contributed by atoms with Crippen molar-refractivity contribution >= 4 is 33.1 Å². The molecule has 1 heterocycles. The largest absolute Gasteiger partial charge is 0.300 e. The Kier molecular flexibility index (Phi) is 4.08. The number of rotatable bonds is 4. The number of nitrogens with zero attached hydrogens (tertiary/aromatic N) is 3. The summed E-state index contributed by atoms with van der Waals surface area (Å²) in [5, 5.41) is 22.7. The van der Waals surface area contributed by atoms with Crippen molar-refractivity contribution in [3.63, 3.8) is 0 Å². The summed E-state index contributed by atoms with van der Waals surface area (Å²) in [5.74, 6) is -0.365. The highest BCUT2D eigenvalue weighted by molar-refractivity contribution is 7.15. The van der Waals surface area contributed by atoms with Crippen molar-refractivity contribution in [3.8, 4) is 6.07 Å². The third-order valence-electron chi connectivity index (χ3n) is 3.17. The van der Waals surface area contributed by atoms with E-state index >= 15 is 0 Å². The molecule has 0 saturated carbocycles. The number of carbonyl (C=O) groups is 1. The zero-order valence-corrected chi connectivity index (χ0v) is 12.4. The average molecular weight is 308 g/mol. The second-order valence-corrected chi connectivity index (χ2v) is 5.76. The molecule has 1 amide bonds. The van der Waals surface area contributed by atoms with E-state index < -0.39 is 0 Å². The number of nitrogens with one attached hydrogen (secondary N) is 1. The van der Waals surface area contributed by atoms with Crippen molar-refractivity contribution in [2.45, 2.75) is 12.8 Å². The van der Waals surface area contributed by atoms with Gasteiger partial charge in [-0.1, -0.05) is 53.8 Å². The summed E-state index contributed by atoms with van der Waals surface area (Å²) in [6, 6.07) is 16.2. The number of carbonyl (C=O) groups excluding carboxylic acids is 1. The first kappa shape index (κ1) is 14.2. The van der Waals surface area contributed by atoms with Crippen LogP contribution in [0, 0.1) is 11.3 Å². The van der Waals surface area contributed by atoms with E-state index in [0.717, 1.165) is 5.01 Å². The molecule has 0 saturated heterocycles. The number of nitriles is 1.